The second kappa shape index (κ2) is 8.15. The Balaban J connectivity index is 1.20. The molecule has 0 aromatic heterocycles. The highest BCUT2D eigenvalue weighted by Gasteiger charge is 2.13. The van der Waals surface area contributed by atoms with Crippen molar-refractivity contribution in [1.82, 2.24) is 0 Å². The second-order valence-corrected chi connectivity index (χ2v) is 10.9. The van der Waals surface area contributed by atoms with Crippen LogP contribution in [-0.4, -0.2) is 0 Å². The summed E-state index contributed by atoms with van der Waals surface area (Å²) < 4.78 is 0. The SMILES string of the molecule is c1cc2ccc3ccc(-c4ccc(-c5ccc6c7ccccc7c7ccccc7c6c5)cc4)c4ccc(c1)c2c34. The number of rotatable bonds is 2. The van der Waals surface area contributed by atoms with Crippen molar-refractivity contribution in [2.75, 3.05) is 0 Å². The molecule has 0 aliphatic rings. The minimum Gasteiger partial charge on any atom is -0.0616 e. The third-order valence-corrected chi connectivity index (χ3v) is 8.80. The molecule has 184 valence electrons. The summed E-state index contributed by atoms with van der Waals surface area (Å²) in [5, 5.41) is 15.8. The number of hydrogen-bond donors (Lipinski definition) is 0. The molecule has 0 spiro atoms. The molecule has 0 unspecified atom stereocenters. The molecule has 0 aliphatic carbocycles. The predicted molar refractivity (Wildman–Crippen MR) is 174 cm³/mol. The van der Waals surface area contributed by atoms with Gasteiger partial charge in [-0.25, -0.2) is 0 Å². The summed E-state index contributed by atoms with van der Waals surface area (Å²) in [5.74, 6) is 0. The molecule has 0 fully saturated rings. The van der Waals surface area contributed by atoms with Gasteiger partial charge in [-0.15, -0.1) is 0 Å². The molecule has 0 aliphatic heterocycles. The van der Waals surface area contributed by atoms with Crippen LogP contribution in [-0.2, 0) is 0 Å². The van der Waals surface area contributed by atoms with Crippen LogP contribution >= 0.6 is 0 Å². The van der Waals surface area contributed by atoms with E-state index in [1.807, 2.05) is 0 Å². The van der Waals surface area contributed by atoms with Gasteiger partial charge in [0, 0.05) is 0 Å². The van der Waals surface area contributed by atoms with Crippen molar-refractivity contribution in [3.05, 3.63) is 146 Å². The first-order valence-corrected chi connectivity index (χ1v) is 13.9. The molecule has 0 saturated heterocycles. The van der Waals surface area contributed by atoms with E-state index in [-0.39, 0.29) is 0 Å². The molecule has 9 rings (SSSR count). The molecule has 0 atom stereocenters. The summed E-state index contributed by atoms with van der Waals surface area (Å²) in [4.78, 5) is 0. The minimum absolute atomic E-state index is 1.24. The van der Waals surface area contributed by atoms with E-state index in [1.165, 1.54) is 86.9 Å². The molecule has 0 radical (unpaired) electrons. The Kier molecular flexibility index (Phi) is 4.42. The summed E-state index contributed by atoms with van der Waals surface area (Å²) in [7, 11) is 0. The Morgan fingerprint density at radius 2 is 0.725 bits per heavy atom. The van der Waals surface area contributed by atoms with Gasteiger partial charge in [-0.1, -0.05) is 140 Å². The van der Waals surface area contributed by atoms with Crippen molar-refractivity contribution >= 4 is 64.6 Å². The Morgan fingerprint density at radius 3 is 1.40 bits per heavy atom. The third kappa shape index (κ3) is 3.02. The van der Waals surface area contributed by atoms with Gasteiger partial charge in [-0.05, 0) is 93.0 Å². The van der Waals surface area contributed by atoms with Crippen molar-refractivity contribution in [1.29, 1.82) is 0 Å². The highest BCUT2D eigenvalue weighted by atomic mass is 14.2. The van der Waals surface area contributed by atoms with Gasteiger partial charge in [0.2, 0.25) is 0 Å². The lowest BCUT2D eigenvalue weighted by atomic mass is 9.89. The van der Waals surface area contributed by atoms with Crippen molar-refractivity contribution in [2.45, 2.75) is 0 Å². The van der Waals surface area contributed by atoms with Gasteiger partial charge in [-0.3, -0.25) is 0 Å². The van der Waals surface area contributed by atoms with Crippen molar-refractivity contribution in [3.63, 3.8) is 0 Å². The lowest BCUT2D eigenvalue weighted by Crippen LogP contribution is -1.88. The van der Waals surface area contributed by atoms with Crippen LogP contribution in [0.25, 0.3) is 86.9 Å². The fraction of sp³-hybridized carbons (Fsp3) is 0. The van der Waals surface area contributed by atoms with Crippen LogP contribution in [0.15, 0.2) is 146 Å². The van der Waals surface area contributed by atoms with E-state index < -0.39 is 0 Å². The van der Waals surface area contributed by atoms with Crippen LogP contribution < -0.4 is 0 Å². The van der Waals surface area contributed by atoms with E-state index in [0.29, 0.717) is 0 Å². The smallest absolute Gasteiger partial charge is 0.00206 e. The van der Waals surface area contributed by atoms with Crippen molar-refractivity contribution in [3.8, 4) is 22.3 Å². The summed E-state index contributed by atoms with van der Waals surface area (Å²) in [6.45, 7) is 0. The highest BCUT2D eigenvalue weighted by molar-refractivity contribution is 6.26. The fourth-order valence-electron chi connectivity index (χ4n) is 6.92. The molecule has 9 aromatic rings. The van der Waals surface area contributed by atoms with Crippen LogP contribution in [0.5, 0.6) is 0 Å². The molecule has 0 heterocycles. The Morgan fingerprint density at radius 1 is 0.250 bits per heavy atom. The van der Waals surface area contributed by atoms with Crippen molar-refractivity contribution < 1.29 is 0 Å². The number of benzene rings is 9. The fourth-order valence-corrected chi connectivity index (χ4v) is 6.92. The van der Waals surface area contributed by atoms with Crippen molar-refractivity contribution in [2.24, 2.45) is 0 Å². The summed E-state index contributed by atoms with van der Waals surface area (Å²) in [5.41, 5.74) is 5.02. The molecule has 0 amide bonds. The van der Waals surface area contributed by atoms with Crippen LogP contribution in [0.4, 0.5) is 0 Å². The number of fused-ring (bicyclic) bond motifs is 6. The topological polar surface area (TPSA) is 0 Å². The molecular weight excluding hydrogens is 480 g/mol. The Bertz CT molecular complexity index is 2360. The molecule has 0 nitrogen and oxygen atoms in total. The first kappa shape index (κ1) is 21.7. The third-order valence-electron chi connectivity index (χ3n) is 8.80. The van der Waals surface area contributed by atoms with Crippen LogP contribution in [0.2, 0.25) is 0 Å². The minimum atomic E-state index is 1.24. The maximum Gasteiger partial charge on any atom is -0.00206 e. The standard InChI is InChI=1S/C40H24/c1-2-10-34-32(8-1)33-9-3-4-11-35(33)38-24-30(20-22-36(34)38)25-12-14-26(15-13-25)31-21-18-29-17-16-27-6-5-7-28-19-23-37(31)40(29)39(27)28/h1-24H. The van der Waals surface area contributed by atoms with E-state index in [0.717, 1.165) is 0 Å². The van der Waals surface area contributed by atoms with Crippen LogP contribution in [0.1, 0.15) is 0 Å². The number of hydrogen-bond acceptors (Lipinski definition) is 0. The van der Waals surface area contributed by atoms with Gasteiger partial charge in [0.25, 0.3) is 0 Å². The molecule has 0 saturated carbocycles. The zero-order chi connectivity index (χ0) is 26.2. The van der Waals surface area contributed by atoms with E-state index in [9.17, 15) is 0 Å². The maximum absolute atomic E-state index is 2.37. The normalized spacial score (nSPS) is 12.0. The highest BCUT2D eigenvalue weighted by Crippen LogP contribution is 2.40. The van der Waals surface area contributed by atoms with E-state index in [2.05, 4.69) is 146 Å². The largest absolute Gasteiger partial charge is 0.0616 e. The van der Waals surface area contributed by atoms with E-state index in [4.69, 9.17) is 0 Å². The Hall–Kier alpha value is -5.20. The molecule has 0 heteroatoms. The van der Waals surface area contributed by atoms with Gasteiger partial charge in [0.05, 0.1) is 0 Å². The van der Waals surface area contributed by atoms with Crippen LogP contribution in [0, 0.1) is 0 Å². The molecular formula is C40H24. The zero-order valence-electron chi connectivity index (χ0n) is 21.9. The molecule has 40 heavy (non-hydrogen) atoms. The quantitative estimate of drug-likeness (QED) is 0.205. The summed E-state index contributed by atoms with van der Waals surface area (Å²) >= 11 is 0. The molecule has 0 bridgehead atoms. The van der Waals surface area contributed by atoms with Gasteiger partial charge in [-0.2, -0.15) is 0 Å². The Labute approximate surface area is 232 Å². The van der Waals surface area contributed by atoms with Gasteiger partial charge >= 0.3 is 0 Å². The predicted octanol–water partition coefficient (Wildman–Crippen LogP) is 11.4. The monoisotopic (exact) mass is 504 g/mol. The zero-order valence-corrected chi connectivity index (χ0v) is 21.9. The first-order valence-electron chi connectivity index (χ1n) is 13.9. The van der Waals surface area contributed by atoms with E-state index >= 15 is 0 Å². The summed E-state index contributed by atoms with van der Waals surface area (Å²) in [6, 6.07) is 53.8. The maximum atomic E-state index is 2.37. The van der Waals surface area contributed by atoms with Gasteiger partial charge in [0.15, 0.2) is 0 Å². The lowest BCUT2D eigenvalue weighted by Gasteiger charge is -2.15. The van der Waals surface area contributed by atoms with Gasteiger partial charge < -0.3 is 0 Å². The average molecular weight is 505 g/mol. The summed E-state index contributed by atoms with van der Waals surface area (Å²) in [6.07, 6.45) is 0. The lowest BCUT2D eigenvalue weighted by molar-refractivity contribution is 1.63. The molecule has 9 aromatic carbocycles. The average Bonchev–Trinajstić information content (AvgIpc) is 3.03. The van der Waals surface area contributed by atoms with Gasteiger partial charge in [0.1, 0.15) is 0 Å². The van der Waals surface area contributed by atoms with E-state index in [1.54, 1.807) is 0 Å². The second-order valence-electron chi connectivity index (χ2n) is 10.9. The van der Waals surface area contributed by atoms with Crippen LogP contribution in [0.3, 0.4) is 0 Å². The molecule has 0 N–H and O–H groups in total. The first-order chi connectivity index (χ1) is 19.8.